The van der Waals surface area contributed by atoms with E-state index in [2.05, 4.69) is 18.3 Å². The summed E-state index contributed by atoms with van der Waals surface area (Å²) < 4.78 is 0. The molecule has 0 aromatic carbocycles. The fourth-order valence-electron chi connectivity index (χ4n) is 0.759. The number of hydrogen-bond acceptors (Lipinski definition) is 2. The van der Waals surface area contributed by atoms with E-state index in [9.17, 15) is 0 Å². The highest BCUT2D eigenvalue weighted by Gasteiger charge is 2.14. The maximum absolute atomic E-state index is 8.67. The highest BCUT2D eigenvalue weighted by atomic mass is 14.8. The van der Waals surface area contributed by atoms with E-state index >= 15 is 0 Å². The first kappa shape index (κ1) is 10.4. The molecule has 0 heterocycles. The molecule has 64 valence electrons. The second-order valence-corrected chi connectivity index (χ2v) is 3.50. The molecule has 0 spiro atoms. The van der Waals surface area contributed by atoms with Crippen molar-refractivity contribution in [2.75, 3.05) is 13.1 Å². The topological polar surface area (TPSA) is 35.8 Å². The first-order valence-corrected chi connectivity index (χ1v) is 4.24. The molecule has 0 unspecified atom stereocenters. The van der Waals surface area contributed by atoms with E-state index in [1.165, 1.54) is 0 Å². The van der Waals surface area contributed by atoms with Gasteiger partial charge in [0.2, 0.25) is 0 Å². The number of nitriles is 1. The Labute approximate surface area is 69.6 Å². The zero-order valence-corrected chi connectivity index (χ0v) is 7.78. The van der Waals surface area contributed by atoms with Gasteiger partial charge in [-0.1, -0.05) is 6.92 Å². The van der Waals surface area contributed by atoms with Crippen molar-refractivity contribution in [1.82, 2.24) is 5.32 Å². The molecule has 0 saturated heterocycles. The van der Waals surface area contributed by atoms with Crippen LogP contribution in [0.25, 0.3) is 0 Å². The Balaban J connectivity index is 3.32. The van der Waals surface area contributed by atoms with Crippen molar-refractivity contribution in [1.29, 1.82) is 5.26 Å². The first-order valence-electron chi connectivity index (χ1n) is 4.24. The second kappa shape index (κ2) is 5.15. The average Bonchev–Trinajstić information content (AvgIpc) is 1.99. The highest BCUT2D eigenvalue weighted by molar-refractivity contribution is 4.91. The summed E-state index contributed by atoms with van der Waals surface area (Å²) in [5, 5.41) is 11.9. The molecule has 0 saturated carbocycles. The van der Waals surface area contributed by atoms with Crippen LogP contribution in [0.2, 0.25) is 0 Å². The van der Waals surface area contributed by atoms with Crippen LogP contribution in [0.15, 0.2) is 0 Å². The Morgan fingerprint density at radius 3 is 2.45 bits per heavy atom. The molecule has 11 heavy (non-hydrogen) atoms. The molecule has 0 aliphatic carbocycles. The minimum absolute atomic E-state index is 0.166. The lowest BCUT2D eigenvalue weighted by Gasteiger charge is -2.14. The normalized spacial score (nSPS) is 11.1. The lowest BCUT2D eigenvalue weighted by atomic mass is 9.91. The molecule has 1 N–H and O–H groups in total. The molecule has 0 aromatic rings. The Morgan fingerprint density at radius 1 is 1.36 bits per heavy atom. The average molecular weight is 154 g/mol. The van der Waals surface area contributed by atoms with Crippen LogP contribution in [0.5, 0.6) is 0 Å². The van der Waals surface area contributed by atoms with E-state index in [4.69, 9.17) is 5.26 Å². The van der Waals surface area contributed by atoms with E-state index in [-0.39, 0.29) is 5.41 Å². The third kappa shape index (κ3) is 5.87. The quantitative estimate of drug-likeness (QED) is 0.614. The van der Waals surface area contributed by atoms with Gasteiger partial charge in [-0.05, 0) is 39.8 Å². The Hall–Kier alpha value is -0.550. The summed E-state index contributed by atoms with van der Waals surface area (Å²) in [6.45, 7) is 8.10. The van der Waals surface area contributed by atoms with E-state index < -0.39 is 0 Å². The summed E-state index contributed by atoms with van der Waals surface area (Å²) in [5.74, 6) is 0. The van der Waals surface area contributed by atoms with Gasteiger partial charge < -0.3 is 5.32 Å². The number of nitrogens with zero attached hydrogens (tertiary/aromatic N) is 1. The molecular formula is C9H18N2. The summed E-state index contributed by atoms with van der Waals surface area (Å²) >= 11 is 0. The molecule has 0 atom stereocenters. The van der Waals surface area contributed by atoms with Crippen LogP contribution in [-0.4, -0.2) is 13.1 Å². The van der Waals surface area contributed by atoms with Crippen molar-refractivity contribution in [2.45, 2.75) is 33.6 Å². The van der Waals surface area contributed by atoms with Crippen LogP contribution in [0.4, 0.5) is 0 Å². The van der Waals surface area contributed by atoms with Gasteiger partial charge in [-0.2, -0.15) is 5.26 Å². The predicted molar refractivity (Wildman–Crippen MR) is 47.2 cm³/mol. The van der Waals surface area contributed by atoms with E-state index in [0.717, 1.165) is 25.9 Å². The Kier molecular flexibility index (Phi) is 4.89. The minimum Gasteiger partial charge on any atom is -0.317 e. The van der Waals surface area contributed by atoms with E-state index in [1.807, 2.05) is 13.8 Å². The first-order chi connectivity index (χ1) is 5.12. The smallest absolute Gasteiger partial charge is 0.0684 e. The fourth-order valence-corrected chi connectivity index (χ4v) is 0.759. The second-order valence-electron chi connectivity index (χ2n) is 3.50. The van der Waals surface area contributed by atoms with Crippen molar-refractivity contribution < 1.29 is 0 Å². The van der Waals surface area contributed by atoms with Gasteiger partial charge in [0.25, 0.3) is 0 Å². The SMILES string of the molecule is CCCNCCC(C)(C)C#N. The van der Waals surface area contributed by atoms with E-state index in [0.29, 0.717) is 0 Å². The van der Waals surface area contributed by atoms with Gasteiger partial charge in [0.1, 0.15) is 0 Å². The molecule has 0 aromatic heterocycles. The van der Waals surface area contributed by atoms with Crippen LogP contribution < -0.4 is 5.32 Å². The van der Waals surface area contributed by atoms with Gasteiger partial charge in [-0.3, -0.25) is 0 Å². The molecule has 0 bridgehead atoms. The summed E-state index contributed by atoms with van der Waals surface area (Å²) in [6.07, 6.45) is 2.09. The van der Waals surface area contributed by atoms with Crippen LogP contribution in [0.3, 0.4) is 0 Å². The Morgan fingerprint density at radius 2 is 2.00 bits per heavy atom. The maximum Gasteiger partial charge on any atom is 0.0684 e. The summed E-state index contributed by atoms with van der Waals surface area (Å²) in [4.78, 5) is 0. The lowest BCUT2D eigenvalue weighted by Crippen LogP contribution is -2.21. The molecule has 0 aliphatic heterocycles. The largest absolute Gasteiger partial charge is 0.317 e. The third-order valence-corrected chi connectivity index (χ3v) is 1.66. The van der Waals surface area contributed by atoms with Crippen LogP contribution in [0, 0.1) is 16.7 Å². The van der Waals surface area contributed by atoms with Crippen LogP contribution in [0.1, 0.15) is 33.6 Å². The molecule has 2 heteroatoms. The molecular weight excluding hydrogens is 136 g/mol. The standard InChI is InChI=1S/C9H18N2/c1-4-6-11-7-5-9(2,3)8-10/h11H,4-7H2,1-3H3. The number of hydrogen-bond donors (Lipinski definition) is 1. The molecule has 0 aliphatic rings. The minimum atomic E-state index is -0.166. The summed E-state index contributed by atoms with van der Waals surface area (Å²) in [5.41, 5.74) is -0.166. The van der Waals surface area contributed by atoms with Gasteiger partial charge in [-0.15, -0.1) is 0 Å². The maximum atomic E-state index is 8.67. The van der Waals surface area contributed by atoms with Gasteiger partial charge in [0, 0.05) is 0 Å². The predicted octanol–water partition coefficient (Wildman–Crippen LogP) is 1.93. The molecule has 0 radical (unpaired) electrons. The molecule has 0 fully saturated rings. The number of nitrogens with one attached hydrogen (secondary N) is 1. The van der Waals surface area contributed by atoms with Gasteiger partial charge in [-0.25, -0.2) is 0 Å². The molecule has 2 nitrogen and oxygen atoms in total. The highest BCUT2D eigenvalue weighted by Crippen LogP contribution is 2.16. The van der Waals surface area contributed by atoms with Gasteiger partial charge >= 0.3 is 0 Å². The fraction of sp³-hybridized carbons (Fsp3) is 0.889. The van der Waals surface area contributed by atoms with Crippen LogP contribution >= 0.6 is 0 Å². The zero-order chi connectivity index (χ0) is 8.74. The van der Waals surface area contributed by atoms with Gasteiger partial charge in [0.05, 0.1) is 11.5 Å². The monoisotopic (exact) mass is 154 g/mol. The van der Waals surface area contributed by atoms with Crippen LogP contribution in [-0.2, 0) is 0 Å². The van der Waals surface area contributed by atoms with Crippen molar-refractivity contribution in [3.8, 4) is 6.07 Å². The molecule has 0 amide bonds. The summed E-state index contributed by atoms with van der Waals surface area (Å²) in [6, 6.07) is 2.28. The Bertz CT molecular complexity index is 133. The third-order valence-electron chi connectivity index (χ3n) is 1.66. The van der Waals surface area contributed by atoms with Crippen molar-refractivity contribution >= 4 is 0 Å². The zero-order valence-electron chi connectivity index (χ0n) is 7.78. The van der Waals surface area contributed by atoms with Crippen molar-refractivity contribution in [2.24, 2.45) is 5.41 Å². The summed E-state index contributed by atoms with van der Waals surface area (Å²) in [7, 11) is 0. The molecule has 0 rings (SSSR count). The van der Waals surface area contributed by atoms with Gasteiger partial charge in [0.15, 0.2) is 0 Å². The lowest BCUT2D eigenvalue weighted by molar-refractivity contribution is 0.433. The van der Waals surface area contributed by atoms with Crippen molar-refractivity contribution in [3.05, 3.63) is 0 Å². The van der Waals surface area contributed by atoms with Crippen molar-refractivity contribution in [3.63, 3.8) is 0 Å². The number of rotatable bonds is 5. The van der Waals surface area contributed by atoms with E-state index in [1.54, 1.807) is 0 Å².